The summed E-state index contributed by atoms with van der Waals surface area (Å²) in [6, 6.07) is 6.71. The maximum absolute atomic E-state index is 11.9. The van der Waals surface area contributed by atoms with Crippen LogP contribution in [-0.4, -0.2) is 31.6 Å². The van der Waals surface area contributed by atoms with E-state index in [2.05, 4.69) is 5.43 Å². The van der Waals surface area contributed by atoms with E-state index >= 15 is 0 Å². The average Bonchev–Trinajstić information content (AvgIpc) is 2.43. The van der Waals surface area contributed by atoms with Crippen LogP contribution in [0.15, 0.2) is 33.5 Å². The number of benzene rings is 1. The van der Waals surface area contributed by atoms with Gasteiger partial charge in [0.2, 0.25) is 0 Å². The van der Waals surface area contributed by atoms with Gasteiger partial charge in [0.05, 0.1) is 6.61 Å². The summed E-state index contributed by atoms with van der Waals surface area (Å²) in [4.78, 5) is 23.8. The highest BCUT2D eigenvalue weighted by Gasteiger charge is 2.14. The van der Waals surface area contributed by atoms with Gasteiger partial charge in [-0.2, -0.15) is 0 Å². The van der Waals surface area contributed by atoms with Crippen molar-refractivity contribution in [3.05, 3.63) is 40.2 Å². The van der Waals surface area contributed by atoms with Crippen LogP contribution >= 0.6 is 0 Å². The third kappa shape index (κ3) is 3.61. The zero-order chi connectivity index (χ0) is 15.4. The second-order valence-electron chi connectivity index (χ2n) is 4.83. The lowest BCUT2D eigenvalue weighted by molar-refractivity contribution is 0.0853. The fourth-order valence-corrected chi connectivity index (χ4v) is 1.82. The van der Waals surface area contributed by atoms with Gasteiger partial charge in [-0.3, -0.25) is 10.2 Å². The van der Waals surface area contributed by atoms with Crippen LogP contribution in [0.2, 0.25) is 0 Å². The van der Waals surface area contributed by atoms with Gasteiger partial charge in [-0.05, 0) is 24.6 Å². The smallest absolute Gasteiger partial charge is 0.349 e. The molecule has 2 rings (SSSR count). The van der Waals surface area contributed by atoms with E-state index in [1.165, 1.54) is 11.1 Å². The second kappa shape index (κ2) is 6.41. The maximum Gasteiger partial charge on any atom is 0.349 e. The molecule has 6 heteroatoms. The Hall–Kier alpha value is -2.34. The number of fused-ring (bicyclic) bond motifs is 1. The van der Waals surface area contributed by atoms with Crippen molar-refractivity contribution in [1.82, 2.24) is 10.4 Å². The first-order valence-corrected chi connectivity index (χ1v) is 6.70. The zero-order valence-electron chi connectivity index (χ0n) is 12.3. The molecule has 1 amide bonds. The lowest BCUT2D eigenvalue weighted by Crippen LogP contribution is -2.38. The third-order valence-corrected chi connectivity index (χ3v) is 2.75. The molecule has 0 saturated heterocycles. The standard InChI is InChI=1S/C15H18N2O4/c1-4-7-20-11-6-5-10-8-12(14(18)16-17(2)3)15(19)21-13(10)9-11/h5-6,8-9H,4,7H2,1-3H3,(H,16,18). The van der Waals surface area contributed by atoms with Crippen molar-refractivity contribution in [2.24, 2.45) is 0 Å². The number of nitrogens with zero attached hydrogens (tertiary/aromatic N) is 1. The van der Waals surface area contributed by atoms with Crippen LogP contribution in [0.4, 0.5) is 0 Å². The number of hydrogen-bond acceptors (Lipinski definition) is 5. The van der Waals surface area contributed by atoms with Gasteiger partial charge in [-0.15, -0.1) is 0 Å². The number of carbonyl (C=O) groups is 1. The summed E-state index contributed by atoms with van der Waals surface area (Å²) in [5.74, 6) is 0.139. The average molecular weight is 290 g/mol. The SMILES string of the molecule is CCCOc1ccc2cc(C(=O)NN(C)C)c(=O)oc2c1. The normalized spacial score (nSPS) is 10.9. The molecule has 0 saturated carbocycles. The molecule has 0 aliphatic rings. The second-order valence-corrected chi connectivity index (χ2v) is 4.83. The van der Waals surface area contributed by atoms with Crippen LogP contribution in [0.3, 0.4) is 0 Å². The van der Waals surface area contributed by atoms with Crippen LogP contribution in [0.25, 0.3) is 11.0 Å². The Morgan fingerprint density at radius 3 is 2.76 bits per heavy atom. The molecule has 21 heavy (non-hydrogen) atoms. The van der Waals surface area contributed by atoms with Crippen molar-refractivity contribution in [2.45, 2.75) is 13.3 Å². The number of hydrazine groups is 1. The van der Waals surface area contributed by atoms with Crippen LogP contribution in [0, 0.1) is 0 Å². The number of rotatable bonds is 5. The Morgan fingerprint density at radius 2 is 2.10 bits per heavy atom. The van der Waals surface area contributed by atoms with Gasteiger partial charge in [-0.1, -0.05) is 6.92 Å². The van der Waals surface area contributed by atoms with E-state index in [-0.39, 0.29) is 5.56 Å². The molecule has 112 valence electrons. The van der Waals surface area contributed by atoms with Crippen molar-refractivity contribution in [2.75, 3.05) is 20.7 Å². The summed E-state index contributed by atoms with van der Waals surface area (Å²) in [7, 11) is 3.33. The van der Waals surface area contributed by atoms with Gasteiger partial charge in [0, 0.05) is 25.5 Å². The van der Waals surface area contributed by atoms with Gasteiger partial charge in [0.1, 0.15) is 16.9 Å². The first kappa shape index (κ1) is 15.1. The fourth-order valence-electron chi connectivity index (χ4n) is 1.82. The largest absolute Gasteiger partial charge is 0.493 e. The van der Waals surface area contributed by atoms with E-state index in [1.54, 1.807) is 32.3 Å². The van der Waals surface area contributed by atoms with Crippen LogP contribution in [-0.2, 0) is 0 Å². The van der Waals surface area contributed by atoms with E-state index in [0.717, 1.165) is 6.42 Å². The summed E-state index contributed by atoms with van der Waals surface area (Å²) in [6.07, 6.45) is 0.894. The van der Waals surface area contributed by atoms with Crippen molar-refractivity contribution in [3.8, 4) is 5.75 Å². The third-order valence-electron chi connectivity index (χ3n) is 2.75. The molecule has 1 aromatic carbocycles. The molecule has 0 radical (unpaired) electrons. The van der Waals surface area contributed by atoms with Gasteiger partial charge in [0.15, 0.2) is 0 Å². The highest BCUT2D eigenvalue weighted by Crippen LogP contribution is 2.20. The minimum absolute atomic E-state index is 0.0292. The number of amides is 1. The van der Waals surface area contributed by atoms with E-state index in [1.807, 2.05) is 6.92 Å². The summed E-state index contributed by atoms with van der Waals surface area (Å²) in [6.45, 7) is 2.61. The van der Waals surface area contributed by atoms with Crippen LogP contribution in [0.1, 0.15) is 23.7 Å². The number of hydrogen-bond donors (Lipinski definition) is 1. The molecule has 1 N–H and O–H groups in total. The quantitative estimate of drug-likeness (QED) is 0.671. The molecule has 0 unspecified atom stereocenters. The molecular weight excluding hydrogens is 272 g/mol. The lowest BCUT2D eigenvalue weighted by atomic mass is 10.1. The molecule has 0 atom stereocenters. The number of ether oxygens (including phenoxy) is 1. The number of nitrogens with one attached hydrogen (secondary N) is 1. The first-order chi connectivity index (χ1) is 10.0. The van der Waals surface area contributed by atoms with Gasteiger partial charge in [-0.25, -0.2) is 9.80 Å². The lowest BCUT2D eigenvalue weighted by Gasteiger charge is -2.11. The highest BCUT2D eigenvalue weighted by atomic mass is 16.5. The van der Waals surface area contributed by atoms with E-state index in [0.29, 0.717) is 23.3 Å². The Balaban J connectivity index is 2.38. The molecule has 1 heterocycles. The molecule has 0 spiro atoms. The van der Waals surface area contributed by atoms with Gasteiger partial charge >= 0.3 is 5.63 Å². The van der Waals surface area contributed by atoms with Crippen molar-refractivity contribution >= 4 is 16.9 Å². The predicted octanol–water partition coefficient (Wildman–Crippen LogP) is 1.79. The van der Waals surface area contributed by atoms with E-state index in [9.17, 15) is 9.59 Å². The Bertz CT molecular complexity index is 706. The summed E-state index contributed by atoms with van der Waals surface area (Å²) in [5, 5.41) is 2.13. The summed E-state index contributed by atoms with van der Waals surface area (Å²) in [5.41, 5.74) is 2.21. The Kier molecular flexibility index (Phi) is 4.59. The molecule has 1 aromatic heterocycles. The van der Waals surface area contributed by atoms with Crippen molar-refractivity contribution in [3.63, 3.8) is 0 Å². The highest BCUT2D eigenvalue weighted by molar-refractivity contribution is 5.96. The molecule has 6 nitrogen and oxygen atoms in total. The van der Waals surface area contributed by atoms with Crippen LogP contribution in [0.5, 0.6) is 5.75 Å². The molecule has 0 fully saturated rings. The monoisotopic (exact) mass is 290 g/mol. The van der Waals surface area contributed by atoms with Crippen molar-refractivity contribution < 1.29 is 13.9 Å². The zero-order valence-corrected chi connectivity index (χ0v) is 12.3. The van der Waals surface area contributed by atoms with Gasteiger partial charge in [0.25, 0.3) is 5.91 Å². The predicted molar refractivity (Wildman–Crippen MR) is 79.4 cm³/mol. The summed E-state index contributed by atoms with van der Waals surface area (Å²) < 4.78 is 10.7. The van der Waals surface area contributed by atoms with Crippen molar-refractivity contribution in [1.29, 1.82) is 0 Å². The van der Waals surface area contributed by atoms with E-state index < -0.39 is 11.5 Å². The van der Waals surface area contributed by atoms with E-state index in [4.69, 9.17) is 9.15 Å². The molecule has 0 aliphatic heterocycles. The summed E-state index contributed by atoms with van der Waals surface area (Å²) >= 11 is 0. The van der Waals surface area contributed by atoms with Gasteiger partial charge < -0.3 is 9.15 Å². The van der Waals surface area contributed by atoms with Crippen LogP contribution < -0.4 is 15.8 Å². The fraction of sp³-hybridized carbons (Fsp3) is 0.333. The minimum atomic E-state index is -0.672. The first-order valence-electron chi connectivity index (χ1n) is 6.70. The molecule has 2 aromatic rings. The number of carbonyl (C=O) groups excluding carboxylic acids is 1. The molecule has 0 bridgehead atoms. The Morgan fingerprint density at radius 1 is 1.33 bits per heavy atom. The molecule has 0 aliphatic carbocycles. The molecular formula is C15H18N2O4. The topological polar surface area (TPSA) is 71.8 Å². The minimum Gasteiger partial charge on any atom is -0.493 e. The maximum atomic E-state index is 11.9. The Labute approximate surface area is 122 Å².